The number of carboxylic acids is 1. The molecule has 0 aliphatic heterocycles. The standard InChI is InChI=1S/C21H14O10/c1-8(22)29-12-6-14-18(16(7-12)31-10(3)24)20(26)17-13(19(14)25)4-11(21(27)28)5-15(17)30-9(2)23/h4-7H,1-3H3,(H,27,28). The van der Waals surface area contributed by atoms with E-state index in [-0.39, 0.29) is 33.8 Å². The Kier molecular flexibility index (Phi) is 5.39. The minimum atomic E-state index is -1.42. The molecule has 0 aromatic heterocycles. The second kappa shape index (κ2) is 7.82. The SMILES string of the molecule is CC(=O)Oc1cc(OC(C)=O)c2c(c1)C(=O)c1cc(C(=O)O)cc(OC(C)=O)c1C2=O. The van der Waals surface area contributed by atoms with Gasteiger partial charge in [0.1, 0.15) is 17.2 Å². The molecule has 0 amide bonds. The minimum Gasteiger partial charge on any atom is -0.478 e. The first-order valence-electron chi connectivity index (χ1n) is 8.73. The molecule has 0 saturated heterocycles. The summed E-state index contributed by atoms with van der Waals surface area (Å²) in [6.45, 7) is 3.22. The molecule has 2 aromatic carbocycles. The van der Waals surface area contributed by atoms with Gasteiger partial charge in [-0.1, -0.05) is 0 Å². The number of aromatic carboxylic acids is 1. The third-order valence-corrected chi connectivity index (χ3v) is 4.14. The summed E-state index contributed by atoms with van der Waals surface area (Å²) in [5.41, 5.74) is -1.67. The van der Waals surface area contributed by atoms with Gasteiger partial charge in [-0.15, -0.1) is 0 Å². The third-order valence-electron chi connectivity index (χ3n) is 4.14. The molecule has 10 heteroatoms. The van der Waals surface area contributed by atoms with Crippen LogP contribution >= 0.6 is 0 Å². The van der Waals surface area contributed by atoms with E-state index in [4.69, 9.17) is 14.2 Å². The number of carbonyl (C=O) groups excluding carboxylic acids is 5. The second-order valence-electron chi connectivity index (χ2n) is 6.49. The Morgan fingerprint density at radius 3 is 1.65 bits per heavy atom. The molecular formula is C21H14O10. The van der Waals surface area contributed by atoms with Crippen LogP contribution in [0.3, 0.4) is 0 Å². The summed E-state index contributed by atoms with van der Waals surface area (Å²) >= 11 is 0. The number of hydrogen-bond acceptors (Lipinski definition) is 9. The number of esters is 3. The summed E-state index contributed by atoms with van der Waals surface area (Å²) in [6, 6.07) is 4.11. The zero-order valence-electron chi connectivity index (χ0n) is 16.4. The molecule has 0 bridgehead atoms. The zero-order chi connectivity index (χ0) is 23.0. The quantitative estimate of drug-likeness (QED) is 0.484. The van der Waals surface area contributed by atoms with Crippen LogP contribution in [0.15, 0.2) is 24.3 Å². The topological polar surface area (TPSA) is 150 Å². The van der Waals surface area contributed by atoms with E-state index in [2.05, 4.69) is 0 Å². The van der Waals surface area contributed by atoms with Crippen molar-refractivity contribution in [2.45, 2.75) is 20.8 Å². The van der Waals surface area contributed by atoms with Crippen molar-refractivity contribution >= 4 is 35.4 Å². The molecule has 0 radical (unpaired) electrons. The first-order chi connectivity index (χ1) is 14.5. The van der Waals surface area contributed by atoms with Crippen molar-refractivity contribution in [3.8, 4) is 17.2 Å². The lowest BCUT2D eigenvalue weighted by Gasteiger charge is -2.22. The van der Waals surface area contributed by atoms with E-state index in [1.165, 1.54) is 0 Å². The molecule has 2 aromatic rings. The molecule has 0 fully saturated rings. The fourth-order valence-corrected chi connectivity index (χ4v) is 3.12. The van der Waals surface area contributed by atoms with E-state index < -0.39 is 46.8 Å². The van der Waals surface area contributed by atoms with Crippen molar-refractivity contribution in [1.29, 1.82) is 0 Å². The summed E-state index contributed by atoms with van der Waals surface area (Å²) in [5, 5.41) is 9.33. The van der Waals surface area contributed by atoms with Crippen molar-refractivity contribution in [2.75, 3.05) is 0 Å². The van der Waals surface area contributed by atoms with E-state index in [1.807, 2.05) is 0 Å². The number of benzene rings is 2. The fourth-order valence-electron chi connectivity index (χ4n) is 3.12. The monoisotopic (exact) mass is 426 g/mol. The first kappa shape index (κ1) is 21.4. The molecule has 0 spiro atoms. The van der Waals surface area contributed by atoms with Gasteiger partial charge in [-0.2, -0.15) is 0 Å². The molecule has 0 atom stereocenters. The lowest BCUT2D eigenvalue weighted by molar-refractivity contribution is -0.133. The predicted molar refractivity (Wildman–Crippen MR) is 101 cm³/mol. The molecule has 10 nitrogen and oxygen atoms in total. The highest BCUT2D eigenvalue weighted by molar-refractivity contribution is 6.31. The van der Waals surface area contributed by atoms with E-state index in [0.29, 0.717) is 0 Å². The van der Waals surface area contributed by atoms with Crippen LogP contribution in [0.4, 0.5) is 0 Å². The largest absolute Gasteiger partial charge is 0.478 e. The van der Waals surface area contributed by atoms with Crippen LogP contribution in [0, 0.1) is 0 Å². The molecule has 0 heterocycles. The molecule has 158 valence electrons. The van der Waals surface area contributed by atoms with Gasteiger partial charge in [0.2, 0.25) is 5.78 Å². The molecule has 1 aliphatic rings. The van der Waals surface area contributed by atoms with Gasteiger partial charge in [0.15, 0.2) is 5.78 Å². The third kappa shape index (κ3) is 4.04. The van der Waals surface area contributed by atoms with Gasteiger partial charge in [-0.05, 0) is 18.2 Å². The highest BCUT2D eigenvalue weighted by atomic mass is 16.5. The summed E-state index contributed by atoms with van der Waals surface area (Å²) in [5.74, 6) is -6.40. The average molecular weight is 426 g/mol. The van der Waals surface area contributed by atoms with Gasteiger partial charge < -0.3 is 19.3 Å². The van der Waals surface area contributed by atoms with Crippen LogP contribution in [0.1, 0.15) is 63.0 Å². The van der Waals surface area contributed by atoms with E-state index in [1.54, 1.807) is 0 Å². The summed E-state index contributed by atoms with van der Waals surface area (Å²) in [6.07, 6.45) is 0. The Morgan fingerprint density at radius 1 is 0.677 bits per heavy atom. The number of rotatable bonds is 4. The number of fused-ring (bicyclic) bond motifs is 2. The minimum absolute atomic E-state index is 0.165. The van der Waals surface area contributed by atoms with Gasteiger partial charge in [0.05, 0.1) is 16.7 Å². The van der Waals surface area contributed by atoms with Gasteiger partial charge in [0, 0.05) is 38.0 Å². The van der Waals surface area contributed by atoms with Crippen LogP contribution in [0.5, 0.6) is 17.2 Å². The zero-order valence-corrected chi connectivity index (χ0v) is 16.4. The molecule has 31 heavy (non-hydrogen) atoms. The molecular weight excluding hydrogens is 412 g/mol. The highest BCUT2D eigenvalue weighted by Crippen LogP contribution is 2.40. The number of carbonyl (C=O) groups is 6. The Balaban J connectivity index is 2.33. The lowest BCUT2D eigenvalue weighted by atomic mass is 9.82. The van der Waals surface area contributed by atoms with Crippen molar-refractivity contribution in [3.05, 3.63) is 52.1 Å². The predicted octanol–water partition coefficient (Wildman–Crippen LogP) is 1.94. The smallest absolute Gasteiger partial charge is 0.335 e. The number of carboxylic acid groups (broad SMARTS) is 1. The average Bonchev–Trinajstić information content (AvgIpc) is 2.63. The maximum Gasteiger partial charge on any atom is 0.335 e. The van der Waals surface area contributed by atoms with E-state index >= 15 is 0 Å². The number of ketones is 2. The van der Waals surface area contributed by atoms with Crippen molar-refractivity contribution in [3.63, 3.8) is 0 Å². The van der Waals surface area contributed by atoms with E-state index in [9.17, 15) is 33.9 Å². The van der Waals surface area contributed by atoms with Crippen LogP contribution in [-0.4, -0.2) is 40.6 Å². The maximum absolute atomic E-state index is 13.3. The number of hydrogen-bond donors (Lipinski definition) is 1. The second-order valence-corrected chi connectivity index (χ2v) is 6.49. The molecule has 1 N–H and O–H groups in total. The Bertz CT molecular complexity index is 1210. The fraction of sp³-hybridized carbons (Fsp3) is 0.143. The number of ether oxygens (including phenoxy) is 3. The highest BCUT2D eigenvalue weighted by Gasteiger charge is 2.37. The van der Waals surface area contributed by atoms with Crippen LogP contribution < -0.4 is 14.2 Å². The van der Waals surface area contributed by atoms with Crippen LogP contribution in [-0.2, 0) is 14.4 Å². The Morgan fingerprint density at radius 2 is 1.16 bits per heavy atom. The summed E-state index contributed by atoms with van der Waals surface area (Å²) in [7, 11) is 0. The van der Waals surface area contributed by atoms with Crippen molar-refractivity contribution in [2.24, 2.45) is 0 Å². The molecule has 0 saturated carbocycles. The van der Waals surface area contributed by atoms with Crippen LogP contribution in [0.2, 0.25) is 0 Å². The molecule has 1 aliphatic carbocycles. The Labute approximate surface area is 174 Å². The van der Waals surface area contributed by atoms with E-state index in [0.717, 1.165) is 45.0 Å². The van der Waals surface area contributed by atoms with Crippen molar-refractivity contribution < 1.29 is 48.1 Å². The van der Waals surface area contributed by atoms with Crippen molar-refractivity contribution in [1.82, 2.24) is 0 Å². The van der Waals surface area contributed by atoms with Gasteiger partial charge in [-0.25, -0.2) is 4.79 Å². The van der Waals surface area contributed by atoms with Gasteiger partial charge >= 0.3 is 23.9 Å². The van der Waals surface area contributed by atoms with Gasteiger partial charge in [0.25, 0.3) is 0 Å². The maximum atomic E-state index is 13.3. The Hall–Kier alpha value is -4.34. The molecule has 0 unspecified atom stereocenters. The summed E-state index contributed by atoms with van der Waals surface area (Å²) in [4.78, 5) is 72.3. The lowest BCUT2D eigenvalue weighted by Crippen LogP contribution is -2.25. The van der Waals surface area contributed by atoms with Gasteiger partial charge in [-0.3, -0.25) is 24.0 Å². The summed E-state index contributed by atoms with van der Waals surface area (Å²) < 4.78 is 15.0. The molecule has 3 rings (SSSR count). The normalized spacial score (nSPS) is 11.8. The van der Waals surface area contributed by atoms with Crippen LogP contribution in [0.25, 0.3) is 0 Å². The first-order valence-corrected chi connectivity index (χ1v) is 8.73.